The third-order valence-electron chi connectivity index (χ3n) is 8.01. The molecule has 0 unspecified atom stereocenters. The van der Waals surface area contributed by atoms with Gasteiger partial charge in [-0.15, -0.1) is 0 Å². The molecule has 1 saturated heterocycles. The minimum atomic E-state index is -0.480. The van der Waals surface area contributed by atoms with Crippen LogP contribution in [-0.4, -0.2) is 82.7 Å². The van der Waals surface area contributed by atoms with Gasteiger partial charge in [-0.05, 0) is 52.3 Å². The molecule has 0 bridgehead atoms. The second-order valence-electron chi connectivity index (χ2n) is 10.8. The highest BCUT2D eigenvalue weighted by molar-refractivity contribution is 5.89. The summed E-state index contributed by atoms with van der Waals surface area (Å²) < 4.78 is 13.3. The maximum atomic E-state index is 12.4. The summed E-state index contributed by atoms with van der Waals surface area (Å²) >= 11 is 0. The van der Waals surface area contributed by atoms with E-state index in [9.17, 15) is 4.79 Å². The Labute approximate surface area is 225 Å². The van der Waals surface area contributed by atoms with Gasteiger partial charge >= 0.3 is 6.09 Å². The highest BCUT2D eigenvalue weighted by Crippen LogP contribution is 2.42. The number of hydrogen-bond donors (Lipinski definition) is 1. The maximum Gasteiger partial charge on any atom is 0.412 e. The van der Waals surface area contributed by atoms with E-state index in [1.165, 1.54) is 0 Å². The average molecular weight is 521 g/mol. The molecule has 1 aliphatic heterocycles. The summed E-state index contributed by atoms with van der Waals surface area (Å²) in [5.41, 5.74) is 4.33. The summed E-state index contributed by atoms with van der Waals surface area (Å²) in [6.07, 6.45) is 7.31. The van der Waals surface area contributed by atoms with E-state index in [1.54, 1.807) is 7.11 Å². The molecule has 1 saturated carbocycles. The molecule has 5 rings (SSSR count). The molecule has 2 aliphatic rings. The van der Waals surface area contributed by atoms with Crippen LogP contribution in [0.2, 0.25) is 0 Å². The predicted molar refractivity (Wildman–Crippen MR) is 149 cm³/mol. The number of methoxy groups -OCH3 is 1. The Morgan fingerprint density at radius 2 is 1.97 bits per heavy atom. The molecule has 204 valence electrons. The quantitative estimate of drug-likeness (QED) is 0.450. The second-order valence-corrected chi connectivity index (χ2v) is 10.8. The number of rotatable bonds is 8. The van der Waals surface area contributed by atoms with E-state index in [2.05, 4.69) is 38.5 Å². The third-order valence-corrected chi connectivity index (χ3v) is 8.01. The molecule has 1 atom stereocenters. The summed E-state index contributed by atoms with van der Waals surface area (Å²) in [5.74, 6) is 2.08. The lowest BCUT2D eigenvalue weighted by molar-refractivity contribution is 0.0586. The maximum absolute atomic E-state index is 12.4. The molecule has 1 aliphatic carbocycles. The smallest absolute Gasteiger partial charge is 0.412 e. The average Bonchev–Trinajstić information content (AvgIpc) is 3.25. The number of likely N-dealkylation sites (N-methyl/N-ethyl adjacent to an activating group) is 1. The van der Waals surface area contributed by atoms with Crippen LogP contribution in [0.25, 0.3) is 16.8 Å². The molecule has 9 nitrogen and oxygen atoms in total. The van der Waals surface area contributed by atoms with Crippen molar-refractivity contribution in [3.63, 3.8) is 0 Å². The van der Waals surface area contributed by atoms with Gasteiger partial charge in [-0.2, -0.15) is 0 Å². The van der Waals surface area contributed by atoms with Crippen LogP contribution in [0.4, 0.5) is 10.5 Å². The number of carbonyl (C=O) groups is 1. The van der Waals surface area contributed by atoms with Gasteiger partial charge in [0.25, 0.3) is 0 Å². The van der Waals surface area contributed by atoms with E-state index in [-0.39, 0.29) is 6.10 Å². The Morgan fingerprint density at radius 3 is 2.68 bits per heavy atom. The first-order valence-corrected chi connectivity index (χ1v) is 13.8. The molecule has 1 amide bonds. The molecule has 3 heterocycles. The topological polar surface area (TPSA) is 84.2 Å². The highest BCUT2D eigenvalue weighted by Gasteiger charge is 2.38. The first-order valence-electron chi connectivity index (χ1n) is 13.8. The van der Waals surface area contributed by atoms with Crippen LogP contribution in [0.15, 0.2) is 30.6 Å². The largest absolute Gasteiger partial charge is 0.495 e. The molecule has 38 heavy (non-hydrogen) atoms. The molecule has 0 radical (unpaired) electrons. The summed E-state index contributed by atoms with van der Waals surface area (Å²) in [7, 11) is 3.80. The van der Waals surface area contributed by atoms with Crippen molar-refractivity contribution in [2.75, 3.05) is 45.7 Å². The van der Waals surface area contributed by atoms with Gasteiger partial charge in [0, 0.05) is 56.1 Å². The number of benzene rings is 1. The molecule has 1 aromatic carbocycles. The summed E-state index contributed by atoms with van der Waals surface area (Å²) in [5, 5.41) is 2.83. The summed E-state index contributed by atoms with van der Waals surface area (Å²) in [6.45, 7) is 10.6. The van der Waals surface area contributed by atoms with Crippen LogP contribution >= 0.6 is 0 Å². The Morgan fingerprint density at radius 1 is 1.21 bits per heavy atom. The normalized spacial score (nSPS) is 21.2. The first-order chi connectivity index (χ1) is 18.4. The Bertz CT molecular complexity index is 1280. The van der Waals surface area contributed by atoms with Gasteiger partial charge in [-0.3, -0.25) is 19.6 Å². The number of hydrogen-bond acceptors (Lipinski definition) is 7. The zero-order valence-corrected chi connectivity index (χ0v) is 23.2. The number of amides is 1. The zero-order chi connectivity index (χ0) is 26.8. The fourth-order valence-electron chi connectivity index (χ4n) is 5.72. The number of piperazine rings is 1. The second kappa shape index (κ2) is 11.3. The number of aryl methyl sites for hydroxylation is 1. The Balaban J connectivity index is 1.38. The lowest BCUT2D eigenvalue weighted by atomic mass is 9.78. The molecule has 2 aromatic heterocycles. The number of carbonyl (C=O) groups excluding carboxylic acids is 1. The van der Waals surface area contributed by atoms with Crippen LogP contribution in [0.3, 0.4) is 0 Å². The minimum Gasteiger partial charge on any atom is -0.495 e. The third kappa shape index (κ3) is 5.35. The van der Waals surface area contributed by atoms with Crippen molar-refractivity contribution < 1.29 is 14.3 Å². The van der Waals surface area contributed by atoms with E-state index < -0.39 is 6.09 Å². The SMILES string of the molecule is CCC[C@H](C)OC(=O)Nc1ccc(-c2nc(C3CC(N4CCN(C)CC4)C3)n3ccnc(C)c23)cc1OC. The van der Waals surface area contributed by atoms with Gasteiger partial charge in [-0.1, -0.05) is 19.4 Å². The standard InChI is InChI=1S/C29H40N6O3/c1-6-7-19(2)38-29(36)31-24-9-8-21(18-25(24)37-5)26-27-20(3)30-10-11-35(27)28(32-26)22-16-23(17-22)34-14-12-33(4)13-15-34/h8-11,18-19,22-23H,6-7,12-17H2,1-5H3,(H,31,36)/t19-,22?,23?/m0/s1. The van der Waals surface area contributed by atoms with E-state index >= 15 is 0 Å². The molecule has 9 heteroatoms. The van der Waals surface area contributed by atoms with Crippen LogP contribution in [0, 0.1) is 6.92 Å². The molecular weight excluding hydrogens is 480 g/mol. The minimum absolute atomic E-state index is 0.140. The fraction of sp³-hybridized carbons (Fsp3) is 0.552. The van der Waals surface area contributed by atoms with Crippen molar-refractivity contribution in [2.45, 2.75) is 64.5 Å². The predicted octanol–water partition coefficient (Wildman–Crippen LogP) is 4.94. The van der Waals surface area contributed by atoms with Gasteiger partial charge in [0.15, 0.2) is 0 Å². The van der Waals surface area contributed by atoms with Crippen LogP contribution < -0.4 is 10.1 Å². The molecular formula is C29H40N6O3. The molecule has 1 N–H and O–H groups in total. The van der Waals surface area contributed by atoms with Crippen LogP contribution in [-0.2, 0) is 4.74 Å². The van der Waals surface area contributed by atoms with E-state index in [0.717, 1.165) is 80.2 Å². The number of nitrogens with zero attached hydrogens (tertiary/aromatic N) is 5. The number of aromatic nitrogens is 3. The van der Waals surface area contributed by atoms with Crippen LogP contribution in [0.5, 0.6) is 5.75 Å². The summed E-state index contributed by atoms with van der Waals surface area (Å²) in [4.78, 5) is 27.2. The van der Waals surface area contributed by atoms with Gasteiger partial charge in [-0.25, -0.2) is 9.78 Å². The Hall–Kier alpha value is -3.17. The summed E-state index contributed by atoms with van der Waals surface area (Å²) in [6, 6.07) is 6.39. The van der Waals surface area contributed by atoms with Crippen molar-refractivity contribution >= 4 is 17.3 Å². The lowest BCUT2D eigenvalue weighted by Crippen LogP contribution is -2.52. The van der Waals surface area contributed by atoms with Crippen molar-refractivity contribution in [1.29, 1.82) is 0 Å². The Kier molecular flexibility index (Phi) is 7.85. The molecule has 2 fully saturated rings. The van der Waals surface area contributed by atoms with Gasteiger partial charge in [0.05, 0.1) is 29.7 Å². The van der Waals surface area contributed by atoms with Crippen molar-refractivity contribution in [3.05, 3.63) is 42.1 Å². The lowest BCUT2D eigenvalue weighted by Gasteiger charge is -2.45. The molecule has 3 aromatic rings. The first kappa shape index (κ1) is 26.4. The number of nitrogens with one attached hydrogen (secondary N) is 1. The van der Waals surface area contributed by atoms with Crippen molar-refractivity contribution in [1.82, 2.24) is 24.2 Å². The number of anilines is 1. The monoisotopic (exact) mass is 520 g/mol. The van der Waals surface area contributed by atoms with Gasteiger partial charge in [0.2, 0.25) is 0 Å². The van der Waals surface area contributed by atoms with Crippen LogP contribution in [0.1, 0.15) is 57.0 Å². The number of imidazole rings is 1. The zero-order valence-electron chi connectivity index (χ0n) is 23.2. The number of fused-ring (bicyclic) bond motifs is 1. The van der Waals surface area contributed by atoms with Gasteiger partial charge < -0.3 is 14.4 Å². The van der Waals surface area contributed by atoms with E-state index in [0.29, 0.717) is 23.4 Å². The fourth-order valence-corrected chi connectivity index (χ4v) is 5.72. The van der Waals surface area contributed by atoms with Crippen molar-refractivity contribution in [3.8, 4) is 17.0 Å². The van der Waals surface area contributed by atoms with E-state index in [1.807, 2.05) is 44.4 Å². The van der Waals surface area contributed by atoms with E-state index in [4.69, 9.17) is 14.5 Å². The number of ether oxygens (including phenoxy) is 2. The highest BCUT2D eigenvalue weighted by atomic mass is 16.6. The van der Waals surface area contributed by atoms with Crippen molar-refractivity contribution in [2.24, 2.45) is 0 Å². The van der Waals surface area contributed by atoms with Gasteiger partial charge in [0.1, 0.15) is 17.7 Å². The molecule has 0 spiro atoms.